The number of imidazole rings is 1. The number of aliphatic hydroxyl groups is 1. The van der Waals surface area contributed by atoms with Gasteiger partial charge in [-0.1, -0.05) is 0 Å². The van der Waals surface area contributed by atoms with E-state index >= 15 is 0 Å². The number of likely N-dealkylation sites (tertiary alicyclic amines) is 1. The average Bonchev–Trinajstić information content (AvgIpc) is 3.26. The zero-order valence-corrected chi connectivity index (χ0v) is 14.1. The molecular weight excluding hydrogens is 308 g/mol. The molecule has 130 valence electrons. The van der Waals surface area contributed by atoms with Crippen molar-refractivity contribution in [3.05, 3.63) is 42.4 Å². The maximum absolute atomic E-state index is 12.7. The normalized spacial score (nSPS) is 21.4. The van der Waals surface area contributed by atoms with E-state index in [9.17, 15) is 9.90 Å². The number of amides is 1. The molecule has 0 aliphatic carbocycles. The van der Waals surface area contributed by atoms with Crippen LogP contribution >= 0.6 is 0 Å². The van der Waals surface area contributed by atoms with Crippen LogP contribution in [0.15, 0.2) is 35.3 Å². The molecule has 1 amide bonds. The summed E-state index contributed by atoms with van der Waals surface area (Å²) in [7, 11) is 3.97. The van der Waals surface area contributed by atoms with Crippen molar-refractivity contribution in [3.63, 3.8) is 0 Å². The fraction of sp³-hybridized carbons (Fsp3) is 0.529. The number of hydrogen-bond donors (Lipinski definition) is 1. The van der Waals surface area contributed by atoms with Gasteiger partial charge in [-0.2, -0.15) is 0 Å². The highest BCUT2D eigenvalue weighted by atomic mass is 16.4. The van der Waals surface area contributed by atoms with Gasteiger partial charge in [0.2, 0.25) is 0 Å². The summed E-state index contributed by atoms with van der Waals surface area (Å²) < 4.78 is 7.61. The molecule has 24 heavy (non-hydrogen) atoms. The molecule has 1 fully saturated rings. The van der Waals surface area contributed by atoms with Crippen LogP contribution in [0.4, 0.5) is 0 Å². The van der Waals surface area contributed by atoms with Crippen molar-refractivity contribution >= 4 is 5.91 Å². The lowest BCUT2D eigenvalue weighted by Gasteiger charge is -2.40. The third-order valence-electron chi connectivity index (χ3n) is 4.68. The molecule has 2 aromatic rings. The monoisotopic (exact) mass is 332 g/mol. The molecule has 1 aliphatic heterocycles. The van der Waals surface area contributed by atoms with Crippen molar-refractivity contribution in [2.24, 2.45) is 5.92 Å². The van der Waals surface area contributed by atoms with Crippen LogP contribution in [0.3, 0.4) is 0 Å². The molecule has 0 saturated carbocycles. The first kappa shape index (κ1) is 16.7. The predicted octanol–water partition coefficient (Wildman–Crippen LogP) is 0.909. The molecular formula is C17H24N4O3. The van der Waals surface area contributed by atoms with Crippen molar-refractivity contribution in [3.8, 4) is 0 Å². The van der Waals surface area contributed by atoms with Crippen molar-refractivity contribution in [1.29, 1.82) is 0 Å². The highest BCUT2D eigenvalue weighted by Crippen LogP contribution is 2.23. The third kappa shape index (κ3) is 3.52. The second-order valence-electron chi connectivity index (χ2n) is 6.51. The molecule has 0 spiro atoms. The van der Waals surface area contributed by atoms with Gasteiger partial charge in [0.05, 0.1) is 12.9 Å². The number of furan rings is 1. The first-order chi connectivity index (χ1) is 11.6. The smallest absolute Gasteiger partial charge is 0.289 e. The lowest BCUT2D eigenvalue weighted by atomic mass is 9.91. The van der Waals surface area contributed by atoms with Crippen LogP contribution in [-0.2, 0) is 6.54 Å². The lowest BCUT2D eigenvalue weighted by Crippen LogP contribution is -2.53. The Morgan fingerprint density at radius 2 is 2.29 bits per heavy atom. The Kier molecular flexibility index (Phi) is 5.01. The summed E-state index contributed by atoms with van der Waals surface area (Å²) in [5.41, 5.74) is 0. The Balaban J connectivity index is 1.67. The van der Waals surface area contributed by atoms with Crippen LogP contribution in [0.5, 0.6) is 0 Å². The predicted molar refractivity (Wildman–Crippen MR) is 88.6 cm³/mol. The summed E-state index contributed by atoms with van der Waals surface area (Å²) in [4.78, 5) is 20.6. The van der Waals surface area contributed by atoms with E-state index in [4.69, 9.17) is 4.42 Å². The number of hydrogen-bond acceptors (Lipinski definition) is 5. The van der Waals surface area contributed by atoms with Gasteiger partial charge in [-0.25, -0.2) is 4.98 Å². The first-order valence-corrected chi connectivity index (χ1v) is 8.19. The zero-order chi connectivity index (χ0) is 17.1. The van der Waals surface area contributed by atoms with E-state index in [0.717, 1.165) is 12.2 Å². The molecule has 7 nitrogen and oxygen atoms in total. The molecule has 2 aromatic heterocycles. The summed E-state index contributed by atoms with van der Waals surface area (Å²) >= 11 is 0. The molecule has 1 N–H and O–H groups in total. The Bertz CT molecular complexity index is 665. The number of aromatic nitrogens is 2. The fourth-order valence-electron chi connectivity index (χ4n) is 3.26. The summed E-state index contributed by atoms with van der Waals surface area (Å²) in [5.74, 6) is 1.21. The fourth-order valence-corrected chi connectivity index (χ4v) is 3.26. The largest absolute Gasteiger partial charge is 0.454 e. The van der Waals surface area contributed by atoms with Gasteiger partial charge in [-0.3, -0.25) is 4.79 Å². The minimum atomic E-state index is -0.0879. The Morgan fingerprint density at radius 1 is 1.46 bits per heavy atom. The number of likely N-dealkylation sites (N-methyl/N-ethyl adjacent to an activating group) is 1. The van der Waals surface area contributed by atoms with Crippen LogP contribution in [0.2, 0.25) is 0 Å². The van der Waals surface area contributed by atoms with Gasteiger partial charge < -0.3 is 23.9 Å². The number of nitrogens with zero attached hydrogens (tertiary/aromatic N) is 4. The minimum Gasteiger partial charge on any atom is -0.454 e. The van der Waals surface area contributed by atoms with E-state index in [1.54, 1.807) is 18.6 Å². The first-order valence-electron chi connectivity index (χ1n) is 8.19. The van der Waals surface area contributed by atoms with E-state index in [-0.39, 0.29) is 24.5 Å². The molecule has 3 heterocycles. The summed E-state index contributed by atoms with van der Waals surface area (Å²) in [6.07, 6.45) is 6.08. The Morgan fingerprint density at radius 3 is 2.96 bits per heavy atom. The van der Waals surface area contributed by atoms with Crippen molar-refractivity contribution in [2.75, 3.05) is 33.8 Å². The average molecular weight is 332 g/mol. The van der Waals surface area contributed by atoms with Crippen LogP contribution < -0.4 is 0 Å². The second kappa shape index (κ2) is 7.19. The number of piperidine rings is 1. The van der Waals surface area contributed by atoms with Gasteiger partial charge in [0.25, 0.3) is 5.91 Å². The van der Waals surface area contributed by atoms with Crippen molar-refractivity contribution in [2.45, 2.75) is 19.0 Å². The quantitative estimate of drug-likeness (QED) is 0.881. The topological polar surface area (TPSA) is 74.7 Å². The van der Waals surface area contributed by atoms with E-state index in [1.165, 1.54) is 0 Å². The van der Waals surface area contributed by atoms with Crippen LogP contribution in [0, 0.1) is 5.92 Å². The Hall–Kier alpha value is -2.12. The number of aliphatic hydroxyl groups excluding tert-OH is 1. The molecule has 0 bridgehead atoms. The molecule has 0 unspecified atom stereocenters. The maximum atomic E-state index is 12.7. The Labute approximate surface area is 141 Å². The standard InChI is InChI=1S/C17H24N4O3/c1-19(2)15-10-21(7-5-13(15)11-22)17(23)16-4-3-14(24-16)9-20-8-6-18-12-20/h3-4,6,8,12-13,15,22H,5,7,9-11H2,1-2H3/t13-,15-/m1/s1. The van der Waals surface area contributed by atoms with Crippen LogP contribution in [-0.4, -0.2) is 70.2 Å². The van der Waals surface area contributed by atoms with Gasteiger partial charge in [0, 0.05) is 44.0 Å². The highest BCUT2D eigenvalue weighted by molar-refractivity contribution is 5.91. The molecule has 1 aliphatic rings. The molecule has 1 saturated heterocycles. The summed E-state index contributed by atoms with van der Waals surface area (Å²) in [6.45, 7) is 1.96. The van der Waals surface area contributed by atoms with Gasteiger partial charge in [-0.15, -0.1) is 0 Å². The van der Waals surface area contributed by atoms with Crippen LogP contribution in [0.25, 0.3) is 0 Å². The second-order valence-corrected chi connectivity index (χ2v) is 6.51. The van der Waals surface area contributed by atoms with Crippen molar-refractivity contribution < 1.29 is 14.3 Å². The minimum absolute atomic E-state index is 0.0879. The van der Waals surface area contributed by atoms with Crippen molar-refractivity contribution in [1.82, 2.24) is 19.4 Å². The van der Waals surface area contributed by atoms with Gasteiger partial charge in [-0.05, 0) is 32.6 Å². The summed E-state index contributed by atoms with van der Waals surface area (Å²) in [6, 6.07) is 3.72. The zero-order valence-electron chi connectivity index (χ0n) is 14.1. The molecule has 0 radical (unpaired) electrons. The third-order valence-corrected chi connectivity index (χ3v) is 4.68. The molecule has 2 atom stereocenters. The maximum Gasteiger partial charge on any atom is 0.289 e. The van der Waals surface area contributed by atoms with Crippen LogP contribution in [0.1, 0.15) is 22.7 Å². The van der Waals surface area contributed by atoms with E-state index in [0.29, 0.717) is 25.4 Å². The lowest BCUT2D eigenvalue weighted by molar-refractivity contribution is 0.0357. The number of rotatable bonds is 5. The molecule has 0 aromatic carbocycles. The highest BCUT2D eigenvalue weighted by Gasteiger charge is 2.33. The SMILES string of the molecule is CN(C)[C@@H]1CN(C(=O)c2ccc(Cn3ccnc3)o2)CC[C@@H]1CO. The number of carbonyl (C=O) groups is 1. The van der Waals surface area contributed by atoms with Gasteiger partial charge >= 0.3 is 0 Å². The molecule has 3 rings (SSSR count). The van der Waals surface area contributed by atoms with E-state index in [2.05, 4.69) is 9.88 Å². The number of carbonyl (C=O) groups excluding carboxylic acids is 1. The van der Waals surface area contributed by atoms with E-state index in [1.807, 2.05) is 35.8 Å². The van der Waals surface area contributed by atoms with E-state index < -0.39 is 0 Å². The summed E-state index contributed by atoms with van der Waals surface area (Å²) in [5, 5.41) is 9.52. The van der Waals surface area contributed by atoms with Gasteiger partial charge in [0.1, 0.15) is 5.76 Å². The van der Waals surface area contributed by atoms with Gasteiger partial charge in [0.15, 0.2) is 5.76 Å². The molecule has 7 heteroatoms.